The Morgan fingerprint density at radius 2 is 1.93 bits per heavy atom. The normalized spacial score (nSPS) is 18.7. The minimum Gasteiger partial charge on any atom is -0.428 e. The fraction of sp³-hybridized carbons (Fsp3) is 0.222. The third-order valence-corrected chi connectivity index (χ3v) is 4.47. The Kier molecular flexibility index (Phi) is 5.20. The minimum absolute atomic E-state index is 0.00271. The zero-order valence-corrected chi connectivity index (χ0v) is 14.8. The predicted molar refractivity (Wildman–Crippen MR) is 93.6 cm³/mol. The van der Waals surface area contributed by atoms with Crippen LogP contribution in [-0.2, 0) is 15.1 Å². The number of rotatable bonds is 4. The largest absolute Gasteiger partial charge is 0.432 e. The van der Waals surface area contributed by atoms with E-state index in [0.29, 0.717) is 0 Å². The van der Waals surface area contributed by atoms with Gasteiger partial charge >= 0.3 is 12.3 Å². The van der Waals surface area contributed by atoms with Crippen LogP contribution in [-0.4, -0.2) is 18.2 Å². The first-order chi connectivity index (χ1) is 13.1. The zero-order chi connectivity index (χ0) is 20.5. The minimum atomic E-state index is -5.03. The van der Waals surface area contributed by atoms with E-state index in [2.05, 4.69) is 15.4 Å². The van der Waals surface area contributed by atoms with Crippen LogP contribution >= 0.6 is 11.6 Å². The molecule has 3 rings (SSSR count). The van der Waals surface area contributed by atoms with E-state index >= 15 is 0 Å². The molecule has 1 unspecified atom stereocenters. The Labute approximate surface area is 161 Å². The molecule has 0 spiro atoms. The summed E-state index contributed by atoms with van der Waals surface area (Å²) in [4.78, 5) is 23.8. The fourth-order valence-electron chi connectivity index (χ4n) is 2.91. The van der Waals surface area contributed by atoms with Crippen molar-refractivity contribution in [2.75, 3.05) is 10.6 Å². The van der Waals surface area contributed by atoms with Crippen molar-refractivity contribution in [1.29, 1.82) is 0 Å². The highest BCUT2D eigenvalue weighted by Crippen LogP contribution is 2.50. The van der Waals surface area contributed by atoms with Crippen molar-refractivity contribution >= 4 is 35.0 Å². The van der Waals surface area contributed by atoms with Crippen molar-refractivity contribution in [1.82, 2.24) is 0 Å². The lowest BCUT2D eigenvalue weighted by atomic mass is 9.85. The molecule has 2 N–H and O–H groups in total. The van der Waals surface area contributed by atoms with Crippen LogP contribution in [0.3, 0.4) is 0 Å². The molecule has 28 heavy (non-hydrogen) atoms. The number of hydrogen-bond donors (Lipinski definition) is 2. The zero-order valence-electron chi connectivity index (χ0n) is 14.1. The first kappa shape index (κ1) is 19.9. The average molecular weight is 417 g/mol. The number of alkyl halides is 3. The number of amides is 2. The number of cyclic esters (lactones) is 1. The molecule has 0 aromatic heterocycles. The van der Waals surface area contributed by atoms with Crippen LogP contribution in [0.15, 0.2) is 42.5 Å². The van der Waals surface area contributed by atoms with Gasteiger partial charge in [-0.1, -0.05) is 23.7 Å². The van der Waals surface area contributed by atoms with Crippen LogP contribution in [0, 0.1) is 5.82 Å². The molecule has 1 atom stereocenters. The molecule has 0 saturated heterocycles. The van der Waals surface area contributed by atoms with Crippen molar-refractivity contribution in [3.8, 4) is 0 Å². The predicted octanol–water partition coefficient (Wildman–Crippen LogP) is 5.22. The van der Waals surface area contributed by atoms with Crippen LogP contribution < -0.4 is 10.6 Å². The molecule has 2 amide bonds. The van der Waals surface area contributed by atoms with E-state index in [9.17, 15) is 27.2 Å². The number of carbonyl (C=O) groups is 2. The summed E-state index contributed by atoms with van der Waals surface area (Å²) in [6.45, 7) is 0. The van der Waals surface area contributed by atoms with Crippen LogP contribution in [0.1, 0.15) is 18.4 Å². The smallest absolute Gasteiger partial charge is 0.428 e. The quantitative estimate of drug-likeness (QED) is 0.672. The van der Waals surface area contributed by atoms with Crippen LogP contribution in [0.4, 0.5) is 33.7 Å². The maximum atomic E-state index is 14.0. The van der Waals surface area contributed by atoms with E-state index in [-0.39, 0.29) is 16.4 Å². The number of halogens is 5. The highest BCUT2D eigenvalue weighted by atomic mass is 35.5. The van der Waals surface area contributed by atoms with Crippen LogP contribution in [0.5, 0.6) is 0 Å². The van der Waals surface area contributed by atoms with Gasteiger partial charge in [-0.3, -0.25) is 10.1 Å². The Hall–Kier alpha value is -2.81. The van der Waals surface area contributed by atoms with Gasteiger partial charge in [0.05, 0.1) is 11.4 Å². The van der Waals surface area contributed by atoms with Crippen LogP contribution in [0.2, 0.25) is 5.02 Å². The number of hydrogen-bond acceptors (Lipinski definition) is 3. The fourth-order valence-corrected chi connectivity index (χ4v) is 3.08. The molecule has 1 heterocycles. The van der Waals surface area contributed by atoms with Crippen molar-refractivity contribution < 1.29 is 31.9 Å². The summed E-state index contributed by atoms with van der Waals surface area (Å²) in [6, 6.07) is 8.79. The van der Waals surface area contributed by atoms with Gasteiger partial charge in [-0.15, -0.1) is 0 Å². The maximum Gasteiger partial charge on any atom is 0.432 e. The highest BCUT2D eigenvalue weighted by molar-refractivity contribution is 6.30. The highest BCUT2D eigenvalue weighted by Gasteiger charge is 2.62. The maximum absolute atomic E-state index is 14.0. The van der Waals surface area contributed by atoms with Gasteiger partial charge in [-0.25, -0.2) is 9.18 Å². The second kappa shape index (κ2) is 7.31. The summed E-state index contributed by atoms with van der Waals surface area (Å²) in [5.74, 6) is -1.60. The molecular formula is C18H13ClF4N2O3. The Morgan fingerprint density at radius 3 is 2.61 bits per heavy atom. The van der Waals surface area contributed by atoms with Crippen molar-refractivity contribution in [2.45, 2.75) is 24.6 Å². The van der Waals surface area contributed by atoms with Gasteiger partial charge in [0.2, 0.25) is 11.5 Å². The Morgan fingerprint density at radius 1 is 1.21 bits per heavy atom. The Bertz CT molecular complexity index is 935. The number of nitrogens with one attached hydrogen (secondary N) is 2. The molecule has 2 aromatic carbocycles. The molecule has 0 fully saturated rings. The number of fused-ring (bicyclic) bond motifs is 1. The van der Waals surface area contributed by atoms with E-state index < -0.39 is 48.0 Å². The second-order valence-electron chi connectivity index (χ2n) is 6.06. The molecule has 1 aliphatic rings. The summed E-state index contributed by atoms with van der Waals surface area (Å²) in [6.07, 6.45) is -7.92. The summed E-state index contributed by atoms with van der Waals surface area (Å²) in [5, 5.41) is 4.38. The lowest BCUT2D eigenvalue weighted by molar-refractivity contribution is -0.267. The van der Waals surface area contributed by atoms with E-state index in [0.717, 1.165) is 12.1 Å². The molecular weight excluding hydrogens is 404 g/mol. The van der Waals surface area contributed by atoms with Crippen molar-refractivity contribution in [3.05, 3.63) is 58.9 Å². The van der Waals surface area contributed by atoms with E-state index in [4.69, 9.17) is 11.6 Å². The molecule has 2 aromatic rings. The monoisotopic (exact) mass is 416 g/mol. The number of benzene rings is 2. The van der Waals surface area contributed by atoms with Gasteiger partial charge < -0.3 is 10.1 Å². The van der Waals surface area contributed by atoms with E-state index in [1.807, 2.05) is 0 Å². The first-order valence-electron chi connectivity index (χ1n) is 8.03. The molecule has 148 valence electrons. The molecule has 1 aliphatic heterocycles. The third kappa shape index (κ3) is 3.75. The Balaban J connectivity index is 1.90. The second-order valence-corrected chi connectivity index (χ2v) is 6.49. The van der Waals surface area contributed by atoms with Gasteiger partial charge in [0.15, 0.2) is 0 Å². The first-order valence-corrected chi connectivity index (χ1v) is 8.41. The van der Waals surface area contributed by atoms with Crippen LogP contribution in [0.25, 0.3) is 0 Å². The molecule has 5 nitrogen and oxygen atoms in total. The third-order valence-electron chi connectivity index (χ3n) is 4.23. The molecule has 0 aliphatic carbocycles. The van der Waals surface area contributed by atoms with Gasteiger partial charge in [0.1, 0.15) is 5.82 Å². The average Bonchev–Trinajstić information content (AvgIpc) is 2.61. The molecule has 0 radical (unpaired) electrons. The molecule has 0 saturated carbocycles. The van der Waals surface area contributed by atoms with Crippen molar-refractivity contribution in [3.63, 3.8) is 0 Å². The summed E-state index contributed by atoms with van der Waals surface area (Å²) in [7, 11) is 0. The van der Waals surface area contributed by atoms with E-state index in [1.165, 1.54) is 30.3 Å². The summed E-state index contributed by atoms with van der Waals surface area (Å²) >= 11 is 5.82. The number of carbonyl (C=O) groups excluding carboxylic acids is 2. The summed E-state index contributed by atoms with van der Waals surface area (Å²) in [5.41, 5.74) is -3.76. The lowest BCUT2D eigenvalue weighted by Gasteiger charge is -2.39. The van der Waals surface area contributed by atoms with Gasteiger partial charge in [-0.2, -0.15) is 13.2 Å². The number of para-hydroxylation sites is 1. The summed E-state index contributed by atoms with van der Waals surface area (Å²) < 4.78 is 60.2. The topological polar surface area (TPSA) is 67.4 Å². The lowest BCUT2D eigenvalue weighted by Crippen LogP contribution is -2.50. The standard InChI is InChI=1S/C18H13ClF4N2O3/c19-10-5-6-13-11(9-10)17(18(21,22)23,28-16(27)25-13)8-7-15(26)24-14-4-2-1-3-12(14)20/h1-6,9H,7-8H2,(H,24,26)(H,25,27). The van der Waals surface area contributed by atoms with Gasteiger partial charge in [-0.05, 0) is 30.3 Å². The number of ether oxygens (including phenoxy) is 1. The van der Waals surface area contributed by atoms with Gasteiger partial charge in [0.25, 0.3) is 0 Å². The molecule has 0 bridgehead atoms. The van der Waals surface area contributed by atoms with Crippen molar-refractivity contribution in [2.24, 2.45) is 0 Å². The van der Waals surface area contributed by atoms with Gasteiger partial charge in [0, 0.05) is 23.4 Å². The van der Waals surface area contributed by atoms with E-state index in [1.54, 1.807) is 0 Å². The molecule has 10 heteroatoms. The number of anilines is 2. The SMILES string of the molecule is O=C(CCC1(C(F)(F)F)OC(=O)Nc2ccc(Cl)cc21)Nc1ccccc1F.